The van der Waals surface area contributed by atoms with E-state index < -0.39 is 0 Å². The molecular weight excluding hydrogens is 419 g/mol. The zero-order valence-electron chi connectivity index (χ0n) is 13.4. The molecule has 5 nitrogen and oxygen atoms in total. The smallest absolute Gasteiger partial charge is 0.262 e. The van der Waals surface area contributed by atoms with Crippen LogP contribution in [0.3, 0.4) is 0 Å². The van der Waals surface area contributed by atoms with Crippen molar-refractivity contribution in [3.8, 4) is 17.6 Å². The molecule has 0 saturated heterocycles. The molecule has 0 saturated carbocycles. The van der Waals surface area contributed by atoms with Gasteiger partial charge in [0.05, 0.1) is 18.2 Å². The van der Waals surface area contributed by atoms with Gasteiger partial charge >= 0.3 is 0 Å². The summed E-state index contributed by atoms with van der Waals surface area (Å²) in [6.07, 6.45) is 0. The van der Waals surface area contributed by atoms with Gasteiger partial charge in [-0.1, -0.05) is 0 Å². The van der Waals surface area contributed by atoms with Crippen LogP contribution >= 0.6 is 22.6 Å². The number of anilines is 1. The van der Waals surface area contributed by atoms with Crippen LogP contribution in [0.5, 0.6) is 11.5 Å². The molecule has 0 aliphatic heterocycles. The number of benzene rings is 2. The normalized spacial score (nSPS) is 9.92. The van der Waals surface area contributed by atoms with Gasteiger partial charge in [0.1, 0.15) is 0 Å². The summed E-state index contributed by atoms with van der Waals surface area (Å²) < 4.78 is 12.1. The van der Waals surface area contributed by atoms with Crippen molar-refractivity contribution in [3.05, 3.63) is 51.1 Å². The first kappa shape index (κ1) is 18.1. The lowest BCUT2D eigenvalue weighted by Gasteiger charge is -2.13. The Morgan fingerprint density at radius 2 is 2.00 bits per heavy atom. The van der Waals surface area contributed by atoms with Crippen molar-refractivity contribution >= 4 is 34.2 Å². The van der Waals surface area contributed by atoms with Crippen LogP contribution in [-0.4, -0.2) is 19.1 Å². The number of nitrogens with one attached hydrogen (secondary N) is 1. The van der Waals surface area contributed by atoms with E-state index >= 15 is 0 Å². The third-order valence-electron chi connectivity index (χ3n) is 3.19. The molecule has 0 aromatic heterocycles. The summed E-state index contributed by atoms with van der Waals surface area (Å²) in [6, 6.07) is 12.7. The highest BCUT2D eigenvalue weighted by molar-refractivity contribution is 14.1. The monoisotopic (exact) mass is 436 g/mol. The molecule has 0 aliphatic carbocycles. The average molecular weight is 436 g/mol. The van der Waals surface area contributed by atoms with E-state index in [1.165, 1.54) is 0 Å². The van der Waals surface area contributed by atoms with Crippen molar-refractivity contribution in [2.75, 3.05) is 18.5 Å². The van der Waals surface area contributed by atoms with Gasteiger partial charge in [0.15, 0.2) is 18.1 Å². The lowest BCUT2D eigenvalue weighted by atomic mass is 10.2. The molecule has 0 heterocycles. The van der Waals surface area contributed by atoms with Gasteiger partial charge in [-0.3, -0.25) is 4.79 Å². The van der Waals surface area contributed by atoms with Crippen molar-refractivity contribution in [2.45, 2.75) is 13.8 Å². The molecule has 0 spiro atoms. The number of amides is 1. The van der Waals surface area contributed by atoms with E-state index in [2.05, 4.69) is 27.9 Å². The molecule has 24 heavy (non-hydrogen) atoms. The highest BCUT2D eigenvalue weighted by atomic mass is 127. The van der Waals surface area contributed by atoms with Crippen molar-refractivity contribution in [2.24, 2.45) is 0 Å². The Balaban J connectivity index is 2.02. The number of halogens is 1. The minimum atomic E-state index is -0.258. The Labute approximate surface area is 154 Å². The molecule has 2 aromatic carbocycles. The van der Waals surface area contributed by atoms with Crippen LogP contribution in [0.25, 0.3) is 0 Å². The minimum Gasteiger partial charge on any atom is -0.490 e. The number of carbonyl (C=O) groups is 1. The maximum atomic E-state index is 12.1. The van der Waals surface area contributed by atoms with E-state index in [1.54, 1.807) is 18.2 Å². The van der Waals surface area contributed by atoms with Crippen molar-refractivity contribution in [3.63, 3.8) is 0 Å². The average Bonchev–Trinajstić information content (AvgIpc) is 2.56. The lowest BCUT2D eigenvalue weighted by molar-refractivity contribution is -0.118. The zero-order valence-corrected chi connectivity index (χ0v) is 15.6. The number of nitriles is 1. The molecule has 0 radical (unpaired) electrons. The molecule has 1 N–H and O–H groups in total. The van der Waals surface area contributed by atoms with Crippen molar-refractivity contribution in [1.82, 2.24) is 0 Å². The molecule has 0 atom stereocenters. The van der Waals surface area contributed by atoms with Crippen LogP contribution in [0.4, 0.5) is 5.69 Å². The fraction of sp³-hybridized carbons (Fsp3) is 0.222. The largest absolute Gasteiger partial charge is 0.490 e. The SMILES string of the molecule is CCOc1cc(C#N)ccc1OCC(=O)Nc1ccc(I)cc1C. The fourth-order valence-electron chi connectivity index (χ4n) is 2.06. The van der Waals surface area contributed by atoms with E-state index in [0.29, 0.717) is 23.7 Å². The van der Waals surface area contributed by atoms with Crippen molar-refractivity contribution < 1.29 is 14.3 Å². The third-order valence-corrected chi connectivity index (χ3v) is 3.86. The first-order valence-corrected chi connectivity index (χ1v) is 8.47. The lowest BCUT2D eigenvalue weighted by Crippen LogP contribution is -2.21. The molecule has 0 bridgehead atoms. The number of carbonyl (C=O) groups excluding carboxylic acids is 1. The predicted molar refractivity (Wildman–Crippen MR) is 100 cm³/mol. The molecule has 2 rings (SSSR count). The molecular formula is C18H17IN2O3. The summed E-state index contributed by atoms with van der Waals surface area (Å²) in [5.74, 6) is 0.631. The number of hydrogen-bond donors (Lipinski definition) is 1. The van der Waals surface area contributed by atoms with Gasteiger partial charge < -0.3 is 14.8 Å². The van der Waals surface area contributed by atoms with Crippen molar-refractivity contribution in [1.29, 1.82) is 5.26 Å². The molecule has 0 aliphatic rings. The van der Waals surface area contributed by atoms with Crippen LogP contribution in [0.1, 0.15) is 18.1 Å². The topological polar surface area (TPSA) is 71.3 Å². The number of ether oxygens (including phenoxy) is 2. The second-order valence-electron chi connectivity index (χ2n) is 5.00. The summed E-state index contributed by atoms with van der Waals surface area (Å²) in [5.41, 5.74) is 2.22. The van der Waals surface area contributed by atoms with E-state index in [1.807, 2.05) is 38.1 Å². The fourth-order valence-corrected chi connectivity index (χ4v) is 2.71. The minimum absolute atomic E-state index is 0.141. The second-order valence-corrected chi connectivity index (χ2v) is 6.25. The first-order valence-electron chi connectivity index (χ1n) is 7.39. The Kier molecular flexibility index (Phi) is 6.44. The quantitative estimate of drug-likeness (QED) is 0.698. The van der Waals surface area contributed by atoms with Gasteiger partial charge in [-0.05, 0) is 72.3 Å². The Morgan fingerprint density at radius 3 is 2.67 bits per heavy atom. The highest BCUT2D eigenvalue weighted by Gasteiger charge is 2.10. The predicted octanol–water partition coefficient (Wildman–Crippen LogP) is 3.89. The van der Waals surface area contributed by atoms with Crippen LogP contribution in [0, 0.1) is 21.8 Å². The second kappa shape index (κ2) is 8.55. The first-order chi connectivity index (χ1) is 11.5. The van der Waals surface area contributed by atoms with Gasteiger partial charge in [-0.2, -0.15) is 5.26 Å². The third kappa shape index (κ3) is 4.86. The van der Waals surface area contributed by atoms with Gasteiger partial charge in [0.25, 0.3) is 5.91 Å². The van der Waals surface area contributed by atoms with Crippen LogP contribution in [0.2, 0.25) is 0 Å². The molecule has 2 aromatic rings. The zero-order chi connectivity index (χ0) is 17.5. The Hall–Kier alpha value is -2.27. The summed E-state index contributed by atoms with van der Waals surface area (Å²) in [7, 11) is 0. The maximum Gasteiger partial charge on any atom is 0.262 e. The van der Waals surface area contributed by atoms with Gasteiger partial charge in [0.2, 0.25) is 0 Å². The molecule has 124 valence electrons. The summed E-state index contributed by atoms with van der Waals surface area (Å²) in [6.45, 7) is 4.08. The highest BCUT2D eigenvalue weighted by Crippen LogP contribution is 2.28. The van der Waals surface area contributed by atoms with Crippen LogP contribution in [-0.2, 0) is 4.79 Å². The standard InChI is InChI=1S/C18H17IN2O3/c1-3-23-17-9-13(10-20)4-7-16(17)24-11-18(22)21-15-6-5-14(19)8-12(15)2/h4-9H,3,11H2,1-2H3,(H,21,22). The van der Waals surface area contributed by atoms with Crippen LogP contribution in [0.15, 0.2) is 36.4 Å². The number of nitrogens with zero attached hydrogens (tertiary/aromatic N) is 1. The van der Waals surface area contributed by atoms with E-state index in [0.717, 1.165) is 14.8 Å². The summed E-state index contributed by atoms with van der Waals surface area (Å²) in [4.78, 5) is 12.1. The maximum absolute atomic E-state index is 12.1. The van der Waals surface area contributed by atoms with E-state index in [-0.39, 0.29) is 12.5 Å². The molecule has 1 amide bonds. The van der Waals surface area contributed by atoms with Gasteiger partial charge in [-0.15, -0.1) is 0 Å². The Bertz CT molecular complexity index is 784. The summed E-state index contributed by atoms with van der Waals surface area (Å²) in [5, 5.41) is 11.8. The number of aryl methyl sites for hydroxylation is 1. The molecule has 0 unspecified atom stereocenters. The van der Waals surface area contributed by atoms with Gasteiger partial charge in [-0.25, -0.2) is 0 Å². The van der Waals surface area contributed by atoms with E-state index in [9.17, 15) is 4.79 Å². The molecule has 6 heteroatoms. The summed E-state index contributed by atoms with van der Waals surface area (Å²) >= 11 is 2.22. The molecule has 0 fully saturated rings. The number of rotatable bonds is 6. The van der Waals surface area contributed by atoms with Crippen LogP contribution < -0.4 is 14.8 Å². The van der Waals surface area contributed by atoms with E-state index in [4.69, 9.17) is 14.7 Å². The van der Waals surface area contributed by atoms with Gasteiger partial charge in [0, 0.05) is 15.3 Å². The number of hydrogen-bond acceptors (Lipinski definition) is 4. The Morgan fingerprint density at radius 1 is 1.21 bits per heavy atom.